The van der Waals surface area contributed by atoms with Crippen LogP contribution in [-0.2, 0) is 14.3 Å². The summed E-state index contributed by atoms with van der Waals surface area (Å²) < 4.78 is 11.4. The van der Waals surface area contributed by atoms with Crippen LogP contribution in [0.15, 0.2) is 23.8 Å². The summed E-state index contributed by atoms with van der Waals surface area (Å²) in [7, 11) is 0. The molecular formula is C26H38O4. The van der Waals surface area contributed by atoms with Crippen LogP contribution < -0.4 is 0 Å². The molecule has 0 spiro atoms. The highest BCUT2D eigenvalue weighted by Crippen LogP contribution is 2.70. The lowest BCUT2D eigenvalue weighted by Gasteiger charge is -2.57. The zero-order valence-corrected chi connectivity index (χ0v) is 19.0. The van der Waals surface area contributed by atoms with Gasteiger partial charge < -0.3 is 14.6 Å². The average Bonchev–Trinajstić information content (AvgIpc) is 3.42. The maximum atomic E-state index is 11.8. The number of carbonyl (C=O) groups excluding carboxylic acids is 1. The number of ether oxygens (including phenoxy) is 2. The third kappa shape index (κ3) is 2.97. The number of fused-ring (bicyclic) bond motifs is 8. The van der Waals surface area contributed by atoms with Gasteiger partial charge in [-0.1, -0.05) is 32.9 Å². The van der Waals surface area contributed by atoms with Crippen molar-refractivity contribution in [2.24, 2.45) is 40.4 Å². The molecule has 0 radical (unpaired) electrons. The number of aliphatic hydroxyl groups excluding tert-OH is 1. The summed E-state index contributed by atoms with van der Waals surface area (Å²) in [4.78, 5) is 11.8. The molecule has 166 valence electrons. The molecule has 0 bridgehead atoms. The highest BCUT2D eigenvalue weighted by atomic mass is 16.6. The Morgan fingerprint density at radius 3 is 2.83 bits per heavy atom. The van der Waals surface area contributed by atoms with E-state index in [1.807, 2.05) is 6.92 Å². The second kappa shape index (κ2) is 7.20. The summed E-state index contributed by atoms with van der Waals surface area (Å²) >= 11 is 0. The van der Waals surface area contributed by atoms with Gasteiger partial charge in [0.15, 0.2) is 0 Å². The lowest BCUT2D eigenvalue weighted by molar-refractivity contribution is -0.137. The smallest absolute Gasteiger partial charge is 0.330 e. The first-order valence-corrected chi connectivity index (χ1v) is 12.2. The van der Waals surface area contributed by atoms with Gasteiger partial charge in [0, 0.05) is 6.08 Å². The van der Waals surface area contributed by atoms with Crippen molar-refractivity contribution in [1.29, 1.82) is 0 Å². The molecule has 4 fully saturated rings. The zero-order chi connectivity index (χ0) is 21.3. The van der Waals surface area contributed by atoms with Crippen LogP contribution in [0.4, 0.5) is 0 Å². The molecule has 5 aliphatic rings. The Morgan fingerprint density at radius 1 is 1.27 bits per heavy atom. The minimum atomic E-state index is -0.286. The summed E-state index contributed by atoms with van der Waals surface area (Å²) in [5, 5.41) is 10.2. The van der Waals surface area contributed by atoms with Crippen LogP contribution in [0.5, 0.6) is 0 Å². The molecule has 4 heteroatoms. The largest absolute Gasteiger partial charge is 0.463 e. The van der Waals surface area contributed by atoms with Crippen molar-refractivity contribution in [3.05, 3.63) is 23.8 Å². The van der Waals surface area contributed by atoms with E-state index in [1.165, 1.54) is 31.3 Å². The summed E-state index contributed by atoms with van der Waals surface area (Å²) in [6, 6.07) is 0. The van der Waals surface area contributed by atoms with Gasteiger partial charge in [0.25, 0.3) is 0 Å². The Kier molecular flexibility index (Phi) is 4.98. The number of aliphatic hydroxyl groups is 1. The van der Waals surface area contributed by atoms with E-state index in [9.17, 15) is 9.90 Å². The van der Waals surface area contributed by atoms with Crippen molar-refractivity contribution in [1.82, 2.24) is 0 Å². The van der Waals surface area contributed by atoms with Crippen molar-refractivity contribution < 1.29 is 19.4 Å². The molecule has 3 saturated carbocycles. The highest BCUT2D eigenvalue weighted by molar-refractivity contribution is 5.81. The fourth-order valence-electron chi connectivity index (χ4n) is 8.41. The lowest BCUT2D eigenvalue weighted by atomic mass is 9.46. The van der Waals surface area contributed by atoms with E-state index >= 15 is 0 Å². The Labute approximate surface area is 181 Å². The van der Waals surface area contributed by atoms with Crippen molar-refractivity contribution >= 4 is 5.97 Å². The lowest BCUT2D eigenvalue weighted by Crippen LogP contribution is -2.54. The van der Waals surface area contributed by atoms with E-state index in [0.717, 1.165) is 12.8 Å². The number of hydrogen-bond acceptors (Lipinski definition) is 4. The number of allylic oxidation sites excluding steroid dienone is 1. The molecule has 4 aliphatic carbocycles. The van der Waals surface area contributed by atoms with Gasteiger partial charge in [0.2, 0.25) is 0 Å². The Morgan fingerprint density at radius 2 is 2.07 bits per heavy atom. The first kappa shape index (κ1) is 20.8. The second-order valence-electron chi connectivity index (χ2n) is 11.2. The van der Waals surface area contributed by atoms with Gasteiger partial charge in [0.05, 0.1) is 18.8 Å². The van der Waals surface area contributed by atoms with E-state index in [0.29, 0.717) is 47.7 Å². The molecule has 0 aromatic heterocycles. The van der Waals surface area contributed by atoms with Crippen LogP contribution in [0.2, 0.25) is 0 Å². The van der Waals surface area contributed by atoms with Crippen LogP contribution in [-0.4, -0.2) is 36.0 Å². The Hall–Kier alpha value is -1.13. The molecule has 30 heavy (non-hydrogen) atoms. The first-order chi connectivity index (χ1) is 14.3. The maximum absolute atomic E-state index is 11.8. The molecule has 10 atom stereocenters. The van der Waals surface area contributed by atoms with Crippen LogP contribution >= 0.6 is 0 Å². The van der Waals surface area contributed by atoms with Gasteiger partial charge in [0.1, 0.15) is 6.10 Å². The van der Waals surface area contributed by atoms with E-state index in [-0.39, 0.29) is 23.6 Å². The summed E-state index contributed by atoms with van der Waals surface area (Å²) in [6.07, 6.45) is 13.3. The molecule has 0 amide bonds. The van der Waals surface area contributed by atoms with Gasteiger partial charge in [-0.2, -0.15) is 0 Å². The fourth-order valence-corrected chi connectivity index (χ4v) is 8.41. The van der Waals surface area contributed by atoms with Gasteiger partial charge in [-0.25, -0.2) is 4.79 Å². The molecule has 5 rings (SSSR count). The van der Waals surface area contributed by atoms with Crippen molar-refractivity contribution in [2.75, 3.05) is 6.61 Å². The maximum Gasteiger partial charge on any atom is 0.330 e. The summed E-state index contributed by atoms with van der Waals surface area (Å²) in [5.74, 6) is 2.82. The van der Waals surface area contributed by atoms with Crippen LogP contribution in [0.1, 0.15) is 66.2 Å². The molecule has 1 saturated heterocycles. The summed E-state index contributed by atoms with van der Waals surface area (Å²) in [5.41, 5.74) is 1.94. The van der Waals surface area contributed by atoms with Crippen LogP contribution in [0.3, 0.4) is 0 Å². The normalized spacial score (nSPS) is 50.0. The van der Waals surface area contributed by atoms with E-state index in [1.54, 1.807) is 6.08 Å². The number of carbonyl (C=O) groups is 1. The fraction of sp³-hybridized carbons (Fsp3) is 0.808. The van der Waals surface area contributed by atoms with E-state index in [2.05, 4.69) is 32.9 Å². The van der Waals surface area contributed by atoms with Gasteiger partial charge in [-0.3, -0.25) is 0 Å². The van der Waals surface area contributed by atoms with E-state index < -0.39 is 0 Å². The van der Waals surface area contributed by atoms with Gasteiger partial charge >= 0.3 is 5.97 Å². The minimum Gasteiger partial charge on any atom is -0.463 e. The SMILES string of the molecule is CCOC(=O)/C=C/[C@@H](C)C1CCC2C3C(CC[C@@]21C)[C@@]1(C)CCC(O)C=C1[C@@H]1O[C@H]31. The predicted molar refractivity (Wildman–Crippen MR) is 116 cm³/mol. The van der Waals surface area contributed by atoms with Crippen LogP contribution in [0, 0.1) is 40.4 Å². The number of esters is 1. The molecule has 1 N–H and O–H groups in total. The number of epoxide rings is 1. The monoisotopic (exact) mass is 414 g/mol. The highest BCUT2D eigenvalue weighted by Gasteiger charge is 2.68. The van der Waals surface area contributed by atoms with Crippen molar-refractivity contribution in [2.45, 2.75) is 84.5 Å². The number of rotatable bonds is 4. The molecule has 5 unspecified atom stereocenters. The molecule has 1 aliphatic heterocycles. The average molecular weight is 415 g/mol. The Balaban J connectivity index is 1.38. The molecular weight excluding hydrogens is 376 g/mol. The first-order valence-electron chi connectivity index (χ1n) is 12.2. The number of hydrogen-bond donors (Lipinski definition) is 1. The third-order valence-electron chi connectivity index (χ3n) is 9.88. The topological polar surface area (TPSA) is 59.1 Å². The van der Waals surface area contributed by atoms with Crippen molar-refractivity contribution in [3.63, 3.8) is 0 Å². The third-order valence-corrected chi connectivity index (χ3v) is 9.88. The molecule has 0 aromatic carbocycles. The van der Waals surface area contributed by atoms with E-state index in [4.69, 9.17) is 9.47 Å². The van der Waals surface area contributed by atoms with Gasteiger partial charge in [-0.05, 0) is 91.4 Å². The molecule has 4 nitrogen and oxygen atoms in total. The van der Waals surface area contributed by atoms with Gasteiger partial charge in [-0.15, -0.1) is 0 Å². The van der Waals surface area contributed by atoms with Crippen LogP contribution in [0.25, 0.3) is 0 Å². The van der Waals surface area contributed by atoms with Crippen molar-refractivity contribution in [3.8, 4) is 0 Å². The second-order valence-corrected chi connectivity index (χ2v) is 11.2. The summed E-state index contributed by atoms with van der Waals surface area (Å²) in [6.45, 7) is 9.54. The predicted octanol–water partition coefficient (Wildman–Crippen LogP) is 4.67. The molecule has 1 heterocycles. The zero-order valence-electron chi connectivity index (χ0n) is 19.0. The standard InChI is InChI=1S/C26H38O4/c1-5-29-21(28)9-6-15(2)17-7-8-18-22-19(11-13-25(17,18)3)26(4)12-10-16(27)14-20(26)23-24(22)30-23/h6,9,14-19,22-24,27H,5,7-8,10-13H2,1-4H3/b9-6+/t15-,16?,17?,18?,19?,22?,23+,24-,25-,26-/m1/s1. The quantitative estimate of drug-likeness (QED) is 0.314. The molecule has 0 aromatic rings. The Bertz CT molecular complexity index is 771. The minimum absolute atomic E-state index is 0.205.